The molecule has 104 valence electrons. The van der Waals surface area contributed by atoms with Gasteiger partial charge in [0.15, 0.2) is 0 Å². The molecule has 0 aromatic rings. The first-order valence-corrected chi connectivity index (χ1v) is 5.95. The minimum Gasteiger partial charge on any atom is -0.394 e. The zero-order valence-electron chi connectivity index (χ0n) is 10.2. The van der Waals surface area contributed by atoms with Crippen molar-refractivity contribution in [1.82, 2.24) is 0 Å². The first-order chi connectivity index (χ1) is 8.04. The zero-order valence-corrected chi connectivity index (χ0v) is 10.2. The van der Waals surface area contributed by atoms with E-state index in [1.54, 1.807) is 0 Å². The number of rotatable bonds is 10. The summed E-state index contributed by atoms with van der Waals surface area (Å²) in [6.07, 6.45) is -2.91. The zero-order chi connectivity index (χ0) is 13.3. The third-order valence-corrected chi connectivity index (χ3v) is 2.51. The smallest absolute Gasteiger partial charge is 0.111 e. The van der Waals surface area contributed by atoms with E-state index in [9.17, 15) is 15.3 Å². The van der Waals surface area contributed by atoms with Crippen LogP contribution < -0.4 is 0 Å². The summed E-state index contributed by atoms with van der Waals surface area (Å²) in [6.45, 7) is 1.75. The fourth-order valence-electron chi connectivity index (χ4n) is 1.32. The quantitative estimate of drug-likeness (QED) is 0.307. The summed E-state index contributed by atoms with van der Waals surface area (Å²) >= 11 is 0. The Hall–Kier alpha value is -0.240. The second-order valence-electron chi connectivity index (χ2n) is 4.08. The summed E-state index contributed by atoms with van der Waals surface area (Å²) in [5, 5.41) is 45.9. The minimum absolute atomic E-state index is 0.111. The lowest BCUT2D eigenvalue weighted by Crippen LogP contribution is -2.47. The third kappa shape index (κ3) is 6.92. The van der Waals surface area contributed by atoms with Crippen molar-refractivity contribution in [3.63, 3.8) is 0 Å². The molecule has 6 nitrogen and oxygen atoms in total. The van der Waals surface area contributed by atoms with Gasteiger partial charge >= 0.3 is 0 Å². The average Bonchev–Trinajstić information content (AvgIpc) is 2.35. The lowest BCUT2D eigenvalue weighted by molar-refractivity contribution is -0.129. The number of hydrogen-bond acceptors (Lipinski definition) is 6. The molecular weight excluding hydrogens is 228 g/mol. The molecule has 4 atom stereocenters. The second kappa shape index (κ2) is 9.76. The van der Waals surface area contributed by atoms with Gasteiger partial charge in [0.1, 0.15) is 24.4 Å². The van der Waals surface area contributed by atoms with Gasteiger partial charge < -0.3 is 30.3 Å². The molecule has 0 unspecified atom stereocenters. The van der Waals surface area contributed by atoms with E-state index in [1.807, 2.05) is 0 Å². The van der Waals surface area contributed by atoms with Crippen molar-refractivity contribution in [2.45, 2.75) is 50.6 Å². The molecule has 0 aromatic carbocycles. The molecule has 0 saturated carbocycles. The summed E-state index contributed by atoms with van der Waals surface area (Å²) in [6, 6.07) is 0. The molecule has 0 aliphatic carbocycles. The maximum absolute atomic E-state index is 9.46. The van der Waals surface area contributed by atoms with E-state index in [0.29, 0.717) is 6.61 Å². The molecule has 17 heavy (non-hydrogen) atoms. The van der Waals surface area contributed by atoms with Gasteiger partial charge in [0.25, 0.3) is 0 Å². The van der Waals surface area contributed by atoms with Crippen LogP contribution in [0.2, 0.25) is 0 Å². The summed E-state index contributed by atoms with van der Waals surface area (Å²) in [4.78, 5) is 0. The van der Waals surface area contributed by atoms with E-state index in [2.05, 4.69) is 6.92 Å². The SMILES string of the molecule is CCCCCOC[C@@H](O)[C@@H](O)[C@H](O)[C@H](O)CO. The van der Waals surface area contributed by atoms with Crippen molar-refractivity contribution < 1.29 is 30.3 Å². The number of aliphatic hydroxyl groups is 5. The standard InChI is InChI=1S/C11H24O6/c1-2-3-4-5-17-7-9(14)11(16)10(15)8(13)6-12/h8-16H,2-7H2,1H3/t8-,9-,10-,11-/m1/s1. The molecule has 0 rings (SSSR count). The molecule has 0 bridgehead atoms. The van der Waals surface area contributed by atoms with E-state index in [4.69, 9.17) is 14.9 Å². The van der Waals surface area contributed by atoms with Crippen LogP contribution in [0.4, 0.5) is 0 Å². The van der Waals surface area contributed by atoms with Gasteiger partial charge in [-0.25, -0.2) is 0 Å². The Morgan fingerprint density at radius 3 is 2.06 bits per heavy atom. The van der Waals surface area contributed by atoms with Gasteiger partial charge in [-0.1, -0.05) is 19.8 Å². The molecule has 0 aromatic heterocycles. The molecule has 6 heteroatoms. The molecule has 0 heterocycles. The van der Waals surface area contributed by atoms with E-state index in [0.717, 1.165) is 19.3 Å². The molecule has 0 amide bonds. The van der Waals surface area contributed by atoms with Crippen LogP contribution in [0.3, 0.4) is 0 Å². The van der Waals surface area contributed by atoms with Gasteiger partial charge in [0, 0.05) is 6.61 Å². The maximum Gasteiger partial charge on any atom is 0.111 e. The van der Waals surface area contributed by atoms with Crippen LogP contribution in [0.25, 0.3) is 0 Å². The maximum atomic E-state index is 9.46. The molecule has 0 saturated heterocycles. The molecule has 0 aliphatic heterocycles. The Morgan fingerprint density at radius 1 is 0.941 bits per heavy atom. The first kappa shape index (κ1) is 16.8. The predicted molar refractivity (Wildman–Crippen MR) is 61.5 cm³/mol. The number of aliphatic hydroxyl groups excluding tert-OH is 5. The average molecular weight is 252 g/mol. The molecule has 0 aliphatic rings. The van der Waals surface area contributed by atoms with Gasteiger partial charge in [-0.15, -0.1) is 0 Å². The fraction of sp³-hybridized carbons (Fsp3) is 1.00. The van der Waals surface area contributed by atoms with E-state index in [-0.39, 0.29) is 6.61 Å². The minimum atomic E-state index is -1.59. The van der Waals surface area contributed by atoms with Gasteiger partial charge in [-0.2, -0.15) is 0 Å². The largest absolute Gasteiger partial charge is 0.394 e. The van der Waals surface area contributed by atoms with Gasteiger partial charge in [0.2, 0.25) is 0 Å². The van der Waals surface area contributed by atoms with Gasteiger partial charge in [-0.05, 0) is 6.42 Å². The normalized spacial score (nSPS) is 18.7. The van der Waals surface area contributed by atoms with Gasteiger partial charge in [0.05, 0.1) is 13.2 Å². The molecule has 0 spiro atoms. The predicted octanol–water partition coefficient (Wildman–Crippen LogP) is -1.37. The number of ether oxygens (including phenoxy) is 1. The second-order valence-corrected chi connectivity index (χ2v) is 4.08. The highest BCUT2D eigenvalue weighted by Gasteiger charge is 2.29. The monoisotopic (exact) mass is 252 g/mol. The van der Waals surface area contributed by atoms with Crippen molar-refractivity contribution in [2.75, 3.05) is 19.8 Å². The van der Waals surface area contributed by atoms with Crippen molar-refractivity contribution in [2.24, 2.45) is 0 Å². The van der Waals surface area contributed by atoms with Crippen molar-refractivity contribution in [1.29, 1.82) is 0 Å². The molecule has 0 radical (unpaired) electrons. The summed E-state index contributed by atoms with van der Waals surface area (Å²) < 4.78 is 5.12. The van der Waals surface area contributed by atoms with Crippen LogP contribution in [0.5, 0.6) is 0 Å². The Balaban J connectivity index is 3.76. The lowest BCUT2D eigenvalue weighted by Gasteiger charge is -2.25. The van der Waals surface area contributed by atoms with Crippen LogP contribution in [-0.2, 0) is 4.74 Å². The van der Waals surface area contributed by atoms with Gasteiger partial charge in [-0.3, -0.25) is 0 Å². The van der Waals surface area contributed by atoms with Crippen LogP contribution >= 0.6 is 0 Å². The number of hydrogen-bond donors (Lipinski definition) is 5. The third-order valence-electron chi connectivity index (χ3n) is 2.51. The van der Waals surface area contributed by atoms with E-state index >= 15 is 0 Å². The Bertz CT molecular complexity index is 177. The highest BCUT2D eigenvalue weighted by atomic mass is 16.5. The lowest BCUT2D eigenvalue weighted by atomic mass is 10.0. The van der Waals surface area contributed by atoms with E-state index < -0.39 is 31.0 Å². The van der Waals surface area contributed by atoms with Crippen LogP contribution in [0, 0.1) is 0 Å². The Morgan fingerprint density at radius 2 is 1.53 bits per heavy atom. The highest BCUT2D eigenvalue weighted by molar-refractivity contribution is 4.80. The fourth-order valence-corrected chi connectivity index (χ4v) is 1.32. The van der Waals surface area contributed by atoms with Crippen molar-refractivity contribution in [3.05, 3.63) is 0 Å². The topological polar surface area (TPSA) is 110 Å². The summed E-state index contributed by atoms with van der Waals surface area (Å²) in [5.74, 6) is 0. The molecule has 0 fully saturated rings. The number of unbranched alkanes of at least 4 members (excludes halogenated alkanes) is 2. The van der Waals surface area contributed by atoms with Crippen LogP contribution in [0.15, 0.2) is 0 Å². The van der Waals surface area contributed by atoms with Crippen molar-refractivity contribution >= 4 is 0 Å². The summed E-state index contributed by atoms with van der Waals surface area (Å²) in [7, 11) is 0. The van der Waals surface area contributed by atoms with Crippen LogP contribution in [0.1, 0.15) is 26.2 Å². The van der Waals surface area contributed by atoms with Crippen LogP contribution in [-0.4, -0.2) is 69.8 Å². The Kier molecular flexibility index (Phi) is 9.62. The van der Waals surface area contributed by atoms with Crippen molar-refractivity contribution in [3.8, 4) is 0 Å². The molecular formula is C11H24O6. The highest BCUT2D eigenvalue weighted by Crippen LogP contribution is 2.06. The molecule has 5 N–H and O–H groups in total. The summed E-state index contributed by atoms with van der Waals surface area (Å²) in [5.41, 5.74) is 0. The van der Waals surface area contributed by atoms with E-state index in [1.165, 1.54) is 0 Å². The first-order valence-electron chi connectivity index (χ1n) is 5.95. The Labute approximate surface area is 101 Å².